The van der Waals surface area contributed by atoms with Crippen molar-refractivity contribution >= 4 is 5.82 Å². The van der Waals surface area contributed by atoms with Crippen molar-refractivity contribution in [3.63, 3.8) is 0 Å². The van der Waals surface area contributed by atoms with Gasteiger partial charge in [-0.05, 0) is 25.7 Å². The van der Waals surface area contributed by atoms with E-state index in [0.717, 1.165) is 44.5 Å². The second kappa shape index (κ2) is 7.28. The van der Waals surface area contributed by atoms with Gasteiger partial charge in [0.15, 0.2) is 0 Å². The molecular weight excluding hydrogens is 242 g/mol. The van der Waals surface area contributed by atoms with E-state index in [1.165, 1.54) is 0 Å². The van der Waals surface area contributed by atoms with Crippen molar-refractivity contribution in [1.82, 2.24) is 9.97 Å². The molecule has 1 saturated carbocycles. The lowest BCUT2D eigenvalue weighted by atomic mass is 9.95. The van der Waals surface area contributed by atoms with Crippen LogP contribution < -0.4 is 10.1 Å². The van der Waals surface area contributed by atoms with Gasteiger partial charge in [0.2, 0.25) is 5.88 Å². The summed E-state index contributed by atoms with van der Waals surface area (Å²) in [6, 6.07) is 0. The molecule has 1 N–H and O–H groups in total. The maximum absolute atomic E-state index is 5.91. The van der Waals surface area contributed by atoms with Crippen LogP contribution in [0.15, 0.2) is 12.4 Å². The highest BCUT2D eigenvalue weighted by atomic mass is 16.5. The van der Waals surface area contributed by atoms with Crippen LogP contribution >= 0.6 is 0 Å². The molecule has 5 nitrogen and oxygen atoms in total. The van der Waals surface area contributed by atoms with Gasteiger partial charge >= 0.3 is 0 Å². The smallest absolute Gasteiger partial charge is 0.234 e. The predicted molar refractivity (Wildman–Crippen MR) is 74.5 cm³/mol. The van der Waals surface area contributed by atoms with Gasteiger partial charge in [-0.25, -0.2) is 0 Å². The molecule has 1 aromatic heterocycles. The molecule has 0 radical (unpaired) electrons. The molecule has 0 saturated heterocycles. The van der Waals surface area contributed by atoms with E-state index in [1.807, 2.05) is 0 Å². The van der Waals surface area contributed by atoms with Crippen molar-refractivity contribution in [3.05, 3.63) is 12.4 Å². The maximum atomic E-state index is 5.91. The number of rotatable bonds is 6. The summed E-state index contributed by atoms with van der Waals surface area (Å²) in [7, 11) is 1.77. The molecule has 0 aliphatic heterocycles. The fourth-order valence-electron chi connectivity index (χ4n) is 2.34. The molecule has 106 valence electrons. The Morgan fingerprint density at radius 3 is 2.95 bits per heavy atom. The van der Waals surface area contributed by atoms with E-state index in [1.54, 1.807) is 19.5 Å². The van der Waals surface area contributed by atoms with Crippen LogP contribution in [0.2, 0.25) is 0 Å². The second-order valence-corrected chi connectivity index (χ2v) is 4.93. The molecular formula is C14H23N3O2. The molecule has 0 bridgehead atoms. The van der Waals surface area contributed by atoms with Crippen LogP contribution in [0.5, 0.6) is 5.88 Å². The van der Waals surface area contributed by atoms with Gasteiger partial charge in [0.1, 0.15) is 11.9 Å². The number of methoxy groups -OCH3 is 1. The Bertz CT molecular complexity index is 387. The summed E-state index contributed by atoms with van der Waals surface area (Å²) in [5.41, 5.74) is 0. The third-order valence-corrected chi connectivity index (χ3v) is 3.37. The Morgan fingerprint density at radius 1 is 1.32 bits per heavy atom. The summed E-state index contributed by atoms with van der Waals surface area (Å²) in [5, 5.41) is 3.21. The first-order valence-corrected chi connectivity index (χ1v) is 7.07. The van der Waals surface area contributed by atoms with Gasteiger partial charge in [-0.2, -0.15) is 4.98 Å². The van der Waals surface area contributed by atoms with Gasteiger partial charge in [-0.1, -0.05) is 6.92 Å². The Hall–Kier alpha value is -1.36. The van der Waals surface area contributed by atoms with Crippen LogP contribution in [-0.4, -0.2) is 35.8 Å². The Labute approximate surface area is 114 Å². The lowest BCUT2D eigenvalue weighted by molar-refractivity contribution is 0.0194. The SMILES string of the molecule is CCCNc1cncc(OC2CCCC(OC)C2)n1. The topological polar surface area (TPSA) is 56.3 Å². The summed E-state index contributed by atoms with van der Waals surface area (Å²) in [6.07, 6.45) is 9.23. The van der Waals surface area contributed by atoms with Crippen molar-refractivity contribution in [2.24, 2.45) is 0 Å². The molecule has 2 atom stereocenters. The first-order chi connectivity index (χ1) is 9.31. The normalized spacial score (nSPS) is 23.1. The van der Waals surface area contributed by atoms with Crippen molar-refractivity contribution in [1.29, 1.82) is 0 Å². The largest absolute Gasteiger partial charge is 0.473 e. The Balaban J connectivity index is 1.90. The summed E-state index contributed by atoms with van der Waals surface area (Å²) < 4.78 is 11.3. The summed E-state index contributed by atoms with van der Waals surface area (Å²) in [5.74, 6) is 1.38. The highest BCUT2D eigenvalue weighted by Gasteiger charge is 2.23. The average Bonchev–Trinajstić information content (AvgIpc) is 2.46. The third kappa shape index (κ3) is 4.35. The number of nitrogens with zero attached hydrogens (tertiary/aromatic N) is 2. The highest BCUT2D eigenvalue weighted by Crippen LogP contribution is 2.24. The quantitative estimate of drug-likeness (QED) is 0.857. The van der Waals surface area contributed by atoms with E-state index in [2.05, 4.69) is 22.2 Å². The summed E-state index contributed by atoms with van der Waals surface area (Å²) >= 11 is 0. The number of ether oxygens (including phenoxy) is 2. The molecule has 1 aromatic rings. The van der Waals surface area contributed by atoms with Crippen LogP contribution in [0.25, 0.3) is 0 Å². The predicted octanol–water partition coefficient (Wildman–Crippen LogP) is 2.63. The average molecular weight is 265 g/mol. The number of anilines is 1. The highest BCUT2D eigenvalue weighted by molar-refractivity contribution is 5.33. The van der Waals surface area contributed by atoms with E-state index in [4.69, 9.17) is 9.47 Å². The minimum absolute atomic E-state index is 0.189. The van der Waals surface area contributed by atoms with E-state index < -0.39 is 0 Å². The van der Waals surface area contributed by atoms with Gasteiger partial charge in [0, 0.05) is 20.1 Å². The molecule has 2 rings (SSSR count). The molecule has 1 heterocycles. The number of aromatic nitrogens is 2. The summed E-state index contributed by atoms with van der Waals surface area (Å²) in [4.78, 5) is 8.58. The van der Waals surface area contributed by atoms with Crippen molar-refractivity contribution in [3.8, 4) is 5.88 Å². The van der Waals surface area contributed by atoms with Gasteiger partial charge in [-0.3, -0.25) is 4.98 Å². The zero-order valence-electron chi connectivity index (χ0n) is 11.8. The van der Waals surface area contributed by atoms with Gasteiger partial charge in [-0.15, -0.1) is 0 Å². The van der Waals surface area contributed by atoms with Gasteiger partial charge in [0.25, 0.3) is 0 Å². The summed E-state index contributed by atoms with van der Waals surface area (Å²) in [6.45, 7) is 3.01. The first kappa shape index (κ1) is 14.1. The molecule has 0 amide bonds. The fraction of sp³-hybridized carbons (Fsp3) is 0.714. The van der Waals surface area contributed by atoms with E-state index in [-0.39, 0.29) is 6.10 Å². The molecule has 1 aliphatic rings. The Morgan fingerprint density at radius 2 is 2.16 bits per heavy atom. The van der Waals surface area contributed by atoms with Crippen LogP contribution in [0.3, 0.4) is 0 Å². The second-order valence-electron chi connectivity index (χ2n) is 4.93. The number of hydrogen-bond donors (Lipinski definition) is 1. The molecule has 0 spiro atoms. The lowest BCUT2D eigenvalue weighted by Crippen LogP contribution is -2.29. The monoisotopic (exact) mass is 265 g/mol. The van der Waals surface area contributed by atoms with Crippen LogP contribution in [-0.2, 0) is 4.74 Å². The van der Waals surface area contributed by atoms with Crippen LogP contribution in [0.4, 0.5) is 5.82 Å². The van der Waals surface area contributed by atoms with Crippen LogP contribution in [0, 0.1) is 0 Å². The molecule has 2 unspecified atom stereocenters. The Kier molecular flexibility index (Phi) is 5.39. The lowest BCUT2D eigenvalue weighted by Gasteiger charge is -2.28. The molecule has 1 aliphatic carbocycles. The minimum atomic E-state index is 0.189. The molecule has 19 heavy (non-hydrogen) atoms. The standard InChI is InChI=1S/C14H23N3O2/c1-3-7-16-13-9-15-10-14(17-13)19-12-6-4-5-11(8-12)18-2/h9-12H,3-8H2,1-2H3,(H,16,17). The minimum Gasteiger partial charge on any atom is -0.473 e. The van der Waals surface area contributed by atoms with Crippen LogP contribution in [0.1, 0.15) is 39.0 Å². The zero-order valence-corrected chi connectivity index (χ0v) is 11.8. The first-order valence-electron chi connectivity index (χ1n) is 7.07. The van der Waals surface area contributed by atoms with E-state index in [0.29, 0.717) is 12.0 Å². The zero-order chi connectivity index (χ0) is 13.5. The van der Waals surface area contributed by atoms with Crippen molar-refractivity contribution < 1.29 is 9.47 Å². The third-order valence-electron chi connectivity index (χ3n) is 3.37. The van der Waals surface area contributed by atoms with E-state index >= 15 is 0 Å². The van der Waals surface area contributed by atoms with Gasteiger partial charge in [0.05, 0.1) is 18.5 Å². The van der Waals surface area contributed by atoms with E-state index in [9.17, 15) is 0 Å². The maximum Gasteiger partial charge on any atom is 0.234 e. The van der Waals surface area contributed by atoms with Gasteiger partial charge < -0.3 is 14.8 Å². The van der Waals surface area contributed by atoms with Crippen molar-refractivity contribution in [2.45, 2.75) is 51.2 Å². The van der Waals surface area contributed by atoms with Crippen molar-refractivity contribution in [2.75, 3.05) is 19.0 Å². The molecule has 0 aromatic carbocycles. The number of nitrogens with one attached hydrogen (secondary N) is 1. The molecule has 5 heteroatoms. The fourth-order valence-corrected chi connectivity index (χ4v) is 2.34. The molecule has 1 fully saturated rings. The number of hydrogen-bond acceptors (Lipinski definition) is 5.